The van der Waals surface area contributed by atoms with Crippen molar-refractivity contribution in [3.8, 4) is 0 Å². The van der Waals surface area contributed by atoms with E-state index in [9.17, 15) is 5.11 Å². The molecule has 0 amide bonds. The molecule has 6 nitrogen and oxygen atoms in total. The van der Waals surface area contributed by atoms with E-state index in [-0.39, 0.29) is 6.61 Å². The number of hydrogen-bond donors (Lipinski definition) is 3. The third kappa shape index (κ3) is 3.54. The summed E-state index contributed by atoms with van der Waals surface area (Å²) in [6.07, 6.45) is 3.30. The predicted octanol–water partition coefficient (Wildman–Crippen LogP) is 1.24. The normalized spacial score (nSPS) is 22.5. The Bertz CT molecular complexity index is 414. The van der Waals surface area contributed by atoms with Gasteiger partial charge in [0.25, 0.3) is 0 Å². The molecule has 1 heterocycles. The van der Waals surface area contributed by atoms with Gasteiger partial charge in [-0.25, -0.2) is 9.97 Å². The molecular formula is C13H22N4O2. The van der Waals surface area contributed by atoms with Gasteiger partial charge in [-0.1, -0.05) is 6.42 Å². The fourth-order valence-corrected chi connectivity index (χ4v) is 2.53. The van der Waals surface area contributed by atoms with Crippen LogP contribution in [0.5, 0.6) is 0 Å². The molecule has 3 N–H and O–H groups in total. The topological polar surface area (TPSA) is 79.3 Å². The monoisotopic (exact) mass is 266 g/mol. The number of hydrogen-bond acceptors (Lipinski definition) is 6. The second-order valence-electron chi connectivity index (χ2n) is 4.86. The van der Waals surface area contributed by atoms with Crippen LogP contribution >= 0.6 is 0 Å². The minimum atomic E-state index is 0.229. The van der Waals surface area contributed by atoms with Crippen LogP contribution in [-0.4, -0.2) is 41.9 Å². The van der Waals surface area contributed by atoms with Gasteiger partial charge in [-0.15, -0.1) is 0 Å². The number of nitrogens with zero attached hydrogens (tertiary/aromatic N) is 2. The van der Waals surface area contributed by atoms with Crippen molar-refractivity contribution < 1.29 is 9.84 Å². The van der Waals surface area contributed by atoms with E-state index in [1.54, 1.807) is 7.11 Å². The maximum Gasteiger partial charge on any atom is 0.158 e. The second kappa shape index (κ2) is 6.68. The molecule has 0 aromatic carbocycles. The fraction of sp³-hybridized carbons (Fsp3) is 0.692. The Morgan fingerprint density at radius 1 is 1.37 bits per heavy atom. The highest BCUT2D eigenvalue weighted by molar-refractivity contribution is 5.47. The number of aliphatic hydroxyl groups is 1. The molecule has 2 rings (SSSR count). The van der Waals surface area contributed by atoms with Crippen molar-refractivity contribution in [3.63, 3.8) is 0 Å². The molecule has 1 aliphatic rings. The smallest absolute Gasteiger partial charge is 0.158 e. The first-order valence-corrected chi connectivity index (χ1v) is 6.69. The third-order valence-electron chi connectivity index (χ3n) is 3.53. The molecule has 1 aromatic heterocycles. The van der Waals surface area contributed by atoms with Gasteiger partial charge in [0.15, 0.2) is 5.82 Å². The van der Waals surface area contributed by atoms with Crippen molar-refractivity contribution in [2.24, 2.45) is 5.92 Å². The number of anilines is 2. The third-order valence-corrected chi connectivity index (χ3v) is 3.53. The summed E-state index contributed by atoms with van der Waals surface area (Å²) < 4.78 is 5.07. The molecule has 0 aliphatic heterocycles. The Morgan fingerprint density at radius 2 is 2.16 bits per heavy atom. The summed E-state index contributed by atoms with van der Waals surface area (Å²) in [6, 6.07) is 2.17. The largest absolute Gasteiger partial charge is 0.396 e. The summed E-state index contributed by atoms with van der Waals surface area (Å²) in [5, 5.41) is 15.8. The first-order valence-electron chi connectivity index (χ1n) is 6.69. The molecular weight excluding hydrogens is 244 g/mol. The van der Waals surface area contributed by atoms with Gasteiger partial charge in [-0.05, 0) is 12.8 Å². The summed E-state index contributed by atoms with van der Waals surface area (Å²) in [4.78, 5) is 8.75. The molecule has 1 aliphatic carbocycles. The molecule has 2 unspecified atom stereocenters. The van der Waals surface area contributed by atoms with Gasteiger partial charge >= 0.3 is 0 Å². The molecule has 6 heteroatoms. The minimum Gasteiger partial charge on any atom is -0.396 e. The quantitative estimate of drug-likeness (QED) is 0.719. The first kappa shape index (κ1) is 14.0. The van der Waals surface area contributed by atoms with Gasteiger partial charge in [-0.2, -0.15) is 0 Å². The van der Waals surface area contributed by atoms with E-state index >= 15 is 0 Å². The Balaban J connectivity index is 2.12. The van der Waals surface area contributed by atoms with Crippen LogP contribution in [0.25, 0.3) is 0 Å². The zero-order chi connectivity index (χ0) is 13.7. The number of methoxy groups -OCH3 is 1. The van der Waals surface area contributed by atoms with Crippen LogP contribution in [0.3, 0.4) is 0 Å². The van der Waals surface area contributed by atoms with Crippen molar-refractivity contribution in [1.82, 2.24) is 9.97 Å². The lowest BCUT2D eigenvalue weighted by molar-refractivity contribution is 0.178. The SMILES string of the molecule is CNc1cc(NC2CCCC2CO)nc(COC)n1. The van der Waals surface area contributed by atoms with E-state index in [0.29, 0.717) is 24.4 Å². The fourth-order valence-electron chi connectivity index (χ4n) is 2.53. The highest BCUT2D eigenvalue weighted by Gasteiger charge is 2.26. The van der Waals surface area contributed by atoms with E-state index in [4.69, 9.17) is 4.74 Å². The van der Waals surface area contributed by atoms with Crippen molar-refractivity contribution in [1.29, 1.82) is 0 Å². The van der Waals surface area contributed by atoms with Crippen molar-refractivity contribution >= 4 is 11.6 Å². The van der Waals surface area contributed by atoms with E-state index in [0.717, 1.165) is 30.9 Å². The second-order valence-corrected chi connectivity index (χ2v) is 4.86. The molecule has 19 heavy (non-hydrogen) atoms. The molecule has 106 valence electrons. The molecule has 0 radical (unpaired) electrons. The maximum absolute atomic E-state index is 9.35. The van der Waals surface area contributed by atoms with Gasteiger partial charge in [0.2, 0.25) is 0 Å². The molecule has 2 atom stereocenters. The zero-order valence-electron chi connectivity index (χ0n) is 11.5. The molecule has 1 aromatic rings. The average molecular weight is 266 g/mol. The highest BCUT2D eigenvalue weighted by atomic mass is 16.5. The number of aliphatic hydroxyl groups excluding tert-OH is 1. The highest BCUT2D eigenvalue weighted by Crippen LogP contribution is 2.28. The number of ether oxygens (including phenoxy) is 1. The molecule has 0 bridgehead atoms. The van der Waals surface area contributed by atoms with Gasteiger partial charge in [0.05, 0.1) is 0 Å². The zero-order valence-corrected chi connectivity index (χ0v) is 11.5. The summed E-state index contributed by atoms with van der Waals surface area (Å²) in [6.45, 7) is 0.616. The van der Waals surface area contributed by atoms with Crippen LogP contribution in [0.4, 0.5) is 11.6 Å². The van der Waals surface area contributed by atoms with Crippen LogP contribution in [-0.2, 0) is 11.3 Å². The summed E-state index contributed by atoms with van der Waals surface area (Å²) >= 11 is 0. The van der Waals surface area contributed by atoms with Crippen molar-refractivity contribution in [2.45, 2.75) is 31.9 Å². The van der Waals surface area contributed by atoms with Crippen LogP contribution in [0.1, 0.15) is 25.1 Å². The van der Waals surface area contributed by atoms with E-state index < -0.39 is 0 Å². The lowest BCUT2D eigenvalue weighted by Crippen LogP contribution is -2.27. The molecule has 1 fully saturated rings. The van der Waals surface area contributed by atoms with Crippen LogP contribution in [0.15, 0.2) is 6.07 Å². The molecule has 1 saturated carbocycles. The number of rotatable bonds is 6. The van der Waals surface area contributed by atoms with Gasteiger partial charge < -0.3 is 20.5 Å². The summed E-state index contributed by atoms with van der Waals surface area (Å²) in [5.74, 6) is 2.52. The number of nitrogens with one attached hydrogen (secondary N) is 2. The van der Waals surface area contributed by atoms with Crippen LogP contribution in [0.2, 0.25) is 0 Å². The minimum absolute atomic E-state index is 0.229. The van der Waals surface area contributed by atoms with Crippen molar-refractivity contribution in [3.05, 3.63) is 11.9 Å². The Morgan fingerprint density at radius 3 is 2.84 bits per heavy atom. The Kier molecular flexibility index (Phi) is 4.93. The maximum atomic E-state index is 9.35. The Labute approximate surface area is 113 Å². The first-order chi connectivity index (χ1) is 9.26. The van der Waals surface area contributed by atoms with E-state index in [1.165, 1.54) is 0 Å². The van der Waals surface area contributed by atoms with Gasteiger partial charge in [-0.3, -0.25) is 0 Å². The van der Waals surface area contributed by atoms with Crippen LogP contribution in [0, 0.1) is 5.92 Å². The van der Waals surface area contributed by atoms with Crippen molar-refractivity contribution in [2.75, 3.05) is 31.4 Å². The van der Waals surface area contributed by atoms with E-state index in [2.05, 4.69) is 20.6 Å². The van der Waals surface area contributed by atoms with E-state index in [1.807, 2.05) is 13.1 Å². The molecule has 0 saturated heterocycles. The summed E-state index contributed by atoms with van der Waals surface area (Å²) in [5.41, 5.74) is 0. The lowest BCUT2D eigenvalue weighted by Gasteiger charge is -2.20. The lowest BCUT2D eigenvalue weighted by atomic mass is 10.1. The average Bonchev–Trinajstić information content (AvgIpc) is 2.86. The predicted molar refractivity (Wildman–Crippen MR) is 74.1 cm³/mol. The van der Waals surface area contributed by atoms with Crippen LogP contribution < -0.4 is 10.6 Å². The van der Waals surface area contributed by atoms with Gasteiger partial charge in [0.1, 0.15) is 18.2 Å². The standard InChI is InChI=1S/C13H22N4O2/c1-14-11-6-12(17-13(16-11)8-19-2)15-10-5-3-4-9(10)7-18/h6,9-10,18H,3-5,7-8H2,1-2H3,(H2,14,15,16,17). The molecule has 0 spiro atoms. The number of aromatic nitrogens is 2. The summed E-state index contributed by atoms with van der Waals surface area (Å²) in [7, 11) is 3.45. The van der Waals surface area contributed by atoms with Gasteiger partial charge in [0, 0.05) is 38.8 Å². The Hall–Kier alpha value is -1.40.